The van der Waals surface area contributed by atoms with E-state index in [1.54, 1.807) is 29.2 Å². The molecule has 2 amide bonds. The van der Waals surface area contributed by atoms with Crippen LogP contribution in [0.25, 0.3) is 0 Å². The number of carbonyl (C=O) groups excluding carboxylic acids is 1. The average molecular weight is 242 g/mol. The second-order valence-electron chi connectivity index (χ2n) is 3.31. The summed E-state index contributed by atoms with van der Waals surface area (Å²) >= 11 is 5.75. The zero-order valence-corrected chi connectivity index (χ0v) is 10.00. The molecule has 0 aliphatic rings. The number of rotatable bonds is 4. The van der Waals surface area contributed by atoms with E-state index in [4.69, 9.17) is 17.3 Å². The van der Waals surface area contributed by atoms with Crippen LogP contribution in [0.2, 0.25) is 5.02 Å². The second kappa shape index (κ2) is 6.35. The number of urea groups is 1. The Hall–Kier alpha value is -1.26. The quantitative estimate of drug-likeness (QED) is 0.849. The Labute approximate surface area is 100 Å². The van der Waals surface area contributed by atoms with Gasteiger partial charge in [-0.1, -0.05) is 11.6 Å². The number of anilines is 1. The Morgan fingerprint density at radius 1 is 1.44 bits per heavy atom. The van der Waals surface area contributed by atoms with Crippen molar-refractivity contribution in [1.82, 2.24) is 4.90 Å². The predicted molar refractivity (Wildman–Crippen MR) is 66.8 cm³/mol. The van der Waals surface area contributed by atoms with Crippen molar-refractivity contribution in [2.75, 3.05) is 25.0 Å². The van der Waals surface area contributed by atoms with E-state index in [1.165, 1.54) is 0 Å². The molecule has 5 heteroatoms. The maximum Gasteiger partial charge on any atom is 0.321 e. The Kier molecular flexibility index (Phi) is 5.08. The molecule has 0 aromatic heterocycles. The summed E-state index contributed by atoms with van der Waals surface area (Å²) in [6.45, 7) is 3.56. The van der Waals surface area contributed by atoms with Crippen molar-refractivity contribution in [2.24, 2.45) is 5.73 Å². The number of likely N-dealkylation sites (N-methyl/N-ethyl adjacent to an activating group) is 1. The largest absolute Gasteiger partial charge is 0.329 e. The van der Waals surface area contributed by atoms with E-state index in [2.05, 4.69) is 5.32 Å². The van der Waals surface area contributed by atoms with Crippen LogP contribution in [0, 0.1) is 0 Å². The molecule has 0 bridgehead atoms. The molecule has 0 saturated carbocycles. The van der Waals surface area contributed by atoms with E-state index in [1.807, 2.05) is 6.92 Å². The lowest BCUT2D eigenvalue weighted by Gasteiger charge is -2.20. The Morgan fingerprint density at radius 3 is 2.56 bits per heavy atom. The molecule has 88 valence electrons. The summed E-state index contributed by atoms with van der Waals surface area (Å²) in [6.07, 6.45) is 0. The first kappa shape index (κ1) is 12.8. The van der Waals surface area contributed by atoms with E-state index < -0.39 is 0 Å². The van der Waals surface area contributed by atoms with Gasteiger partial charge in [-0.2, -0.15) is 0 Å². The molecule has 0 unspecified atom stereocenters. The zero-order valence-electron chi connectivity index (χ0n) is 9.24. The van der Waals surface area contributed by atoms with Crippen molar-refractivity contribution in [3.8, 4) is 0 Å². The van der Waals surface area contributed by atoms with Crippen molar-refractivity contribution in [3.63, 3.8) is 0 Å². The second-order valence-corrected chi connectivity index (χ2v) is 3.74. The van der Waals surface area contributed by atoms with Crippen molar-refractivity contribution in [2.45, 2.75) is 6.92 Å². The van der Waals surface area contributed by atoms with Crippen LogP contribution in [-0.2, 0) is 0 Å². The molecule has 16 heavy (non-hydrogen) atoms. The fourth-order valence-corrected chi connectivity index (χ4v) is 1.42. The maximum absolute atomic E-state index is 11.7. The number of benzene rings is 1. The Balaban J connectivity index is 2.59. The Morgan fingerprint density at radius 2 is 2.06 bits per heavy atom. The van der Waals surface area contributed by atoms with Gasteiger partial charge in [0.1, 0.15) is 0 Å². The fourth-order valence-electron chi connectivity index (χ4n) is 1.29. The molecule has 4 nitrogen and oxygen atoms in total. The minimum Gasteiger partial charge on any atom is -0.329 e. The van der Waals surface area contributed by atoms with Gasteiger partial charge >= 0.3 is 6.03 Å². The molecule has 3 N–H and O–H groups in total. The van der Waals surface area contributed by atoms with E-state index >= 15 is 0 Å². The highest BCUT2D eigenvalue weighted by Gasteiger charge is 2.09. The average Bonchev–Trinajstić information content (AvgIpc) is 2.29. The van der Waals surface area contributed by atoms with E-state index in [0.29, 0.717) is 24.7 Å². The zero-order chi connectivity index (χ0) is 12.0. The van der Waals surface area contributed by atoms with E-state index in [-0.39, 0.29) is 6.03 Å². The van der Waals surface area contributed by atoms with Gasteiger partial charge in [0.05, 0.1) is 0 Å². The van der Waals surface area contributed by atoms with Crippen LogP contribution in [0.1, 0.15) is 6.92 Å². The third kappa shape index (κ3) is 3.72. The normalized spacial score (nSPS) is 9.94. The van der Waals surface area contributed by atoms with Crippen LogP contribution in [0.5, 0.6) is 0 Å². The molecule has 1 aromatic carbocycles. The summed E-state index contributed by atoms with van der Waals surface area (Å²) in [5.41, 5.74) is 6.14. The van der Waals surface area contributed by atoms with Gasteiger partial charge in [0.2, 0.25) is 0 Å². The van der Waals surface area contributed by atoms with Gasteiger partial charge in [0.15, 0.2) is 0 Å². The molecule has 1 rings (SSSR count). The molecule has 0 aliphatic heterocycles. The van der Waals surface area contributed by atoms with Gasteiger partial charge in [-0.25, -0.2) is 4.79 Å². The molecule has 0 atom stereocenters. The van der Waals surface area contributed by atoms with Crippen molar-refractivity contribution < 1.29 is 4.79 Å². The number of amides is 2. The van der Waals surface area contributed by atoms with Gasteiger partial charge < -0.3 is 16.0 Å². The van der Waals surface area contributed by atoms with Crippen LogP contribution in [0.15, 0.2) is 24.3 Å². The van der Waals surface area contributed by atoms with Crippen LogP contribution >= 0.6 is 11.6 Å². The minimum absolute atomic E-state index is 0.143. The maximum atomic E-state index is 11.7. The molecule has 0 aliphatic carbocycles. The topological polar surface area (TPSA) is 58.4 Å². The van der Waals surface area contributed by atoms with Gasteiger partial charge in [-0.15, -0.1) is 0 Å². The molecule has 0 spiro atoms. The fraction of sp³-hybridized carbons (Fsp3) is 0.364. The first-order valence-corrected chi connectivity index (χ1v) is 5.56. The smallest absolute Gasteiger partial charge is 0.321 e. The number of hydrogen-bond acceptors (Lipinski definition) is 2. The number of halogens is 1. The lowest BCUT2D eigenvalue weighted by atomic mass is 10.3. The summed E-state index contributed by atoms with van der Waals surface area (Å²) < 4.78 is 0. The summed E-state index contributed by atoms with van der Waals surface area (Å²) in [4.78, 5) is 13.4. The van der Waals surface area contributed by atoms with Crippen molar-refractivity contribution in [1.29, 1.82) is 0 Å². The highest BCUT2D eigenvalue weighted by Crippen LogP contribution is 2.13. The summed E-state index contributed by atoms with van der Waals surface area (Å²) in [7, 11) is 0. The molecular formula is C11H16ClN3O. The summed E-state index contributed by atoms with van der Waals surface area (Å²) in [5, 5.41) is 3.42. The van der Waals surface area contributed by atoms with Gasteiger partial charge in [0, 0.05) is 30.3 Å². The number of nitrogens with one attached hydrogen (secondary N) is 1. The predicted octanol–water partition coefficient (Wildman–Crippen LogP) is 2.15. The molecule has 0 fully saturated rings. The van der Waals surface area contributed by atoms with Gasteiger partial charge in [-0.3, -0.25) is 0 Å². The van der Waals surface area contributed by atoms with Crippen LogP contribution in [0.3, 0.4) is 0 Å². The number of nitrogens with zero attached hydrogens (tertiary/aromatic N) is 1. The monoisotopic (exact) mass is 241 g/mol. The lowest BCUT2D eigenvalue weighted by molar-refractivity contribution is 0.216. The molecule has 0 radical (unpaired) electrons. The SMILES string of the molecule is CCN(CCN)C(=O)Nc1ccc(Cl)cc1. The molecule has 0 saturated heterocycles. The summed E-state index contributed by atoms with van der Waals surface area (Å²) in [6, 6.07) is 6.84. The third-order valence-corrected chi connectivity index (χ3v) is 2.42. The lowest BCUT2D eigenvalue weighted by Crippen LogP contribution is -2.38. The Bertz CT molecular complexity index is 340. The van der Waals surface area contributed by atoms with Gasteiger partial charge in [-0.05, 0) is 31.2 Å². The summed E-state index contributed by atoms with van der Waals surface area (Å²) in [5.74, 6) is 0. The first-order valence-electron chi connectivity index (χ1n) is 5.19. The number of hydrogen-bond donors (Lipinski definition) is 2. The highest BCUT2D eigenvalue weighted by atomic mass is 35.5. The minimum atomic E-state index is -0.143. The van der Waals surface area contributed by atoms with Crippen molar-refractivity contribution >= 4 is 23.3 Å². The van der Waals surface area contributed by atoms with Crippen molar-refractivity contribution in [3.05, 3.63) is 29.3 Å². The molecule has 0 heterocycles. The highest BCUT2D eigenvalue weighted by molar-refractivity contribution is 6.30. The van der Waals surface area contributed by atoms with Crippen LogP contribution < -0.4 is 11.1 Å². The van der Waals surface area contributed by atoms with E-state index in [0.717, 1.165) is 5.69 Å². The molecule has 1 aromatic rings. The molecular weight excluding hydrogens is 226 g/mol. The van der Waals surface area contributed by atoms with Crippen LogP contribution in [-0.4, -0.2) is 30.6 Å². The third-order valence-electron chi connectivity index (χ3n) is 2.16. The van der Waals surface area contributed by atoms with E-state index in [9.17, 15) is 4.79 Å². The van der Waals surface area contributed by atoms with Gasteiger partial charge in [0.25, 0.3) is 0 Å². The first-order chi connectivity index (χ1) is 7.67. The number of carbonyl (C=O) groups is 1. The van der Waals surface area contributed by atoms with Crippen LogP contribution in [0.4, 0.5) is 10.5 Å². The number of nitrogens with two attached hydrogens (primary N) is 1. The standard InChI is InChI=1S/C11H16ClN3O/c1-2-15(8-7-13)11(16)14-10-5-3-9(12)4-6-10/h3-6H,2,7-8,13H2,1H3,(H,14,16).